The molecule has 1 aromatic heterocycles. The molecule has 0 fully saturated rings. The molecule has 94 valence electrons. The maximum absolute atomic E-state index is 12.1. The van der Waals surface area contributed by atoms with Gasteiger partial charge in [0.05, 0.1) is 16.4 Å². The number of nitrogens with two attached hydrogens (primary N) is 1. The van der Waals surface area contributed by atoms with Gasteiger partial charge in [-0.1, -0.05) is 17.7 Å². The number of amides is 1. The monoisotopic (exact) mass is 280 g/mol. The van der Waals surface area contributed by atoms with Gasteiger partial charge in [-0.05, 0) is 42.5 Å². The van der Waals surface area contributed by atoms with Gasteiger partial charge in [-0.25, -0.2) is 0 Å². The van der Waals surface area contributed by atoms with Gasteiger partial charge >= 0.3 is 0 Å². The smallest absolute Gasteiger partial charge is 0.267 e. The fraction of sp³-hybridized carbons (Fsp3) is 0.154. The Morgan fingerprint density at radius 3 is 2.72 bits per heavy atom. The van der Waals surface area contributed by atoms with E-state index in [0.29, 0.717) is 21.3 Å². The summed E-state index contributed by atoms with van der Waals surface area (Å²) in [4.78, 5) is 12.6. The molecule has 3 N–H and O–H groups in total. The van der Waals surface area contributed by atoms with Crippen LogP contribution in [-0.2, 0) is 0 Å². The molecule has 0 unspecified atom stereocenters. The highest BCUT2D eigenvalue weighted by atomic mass is 35.5. The van der Waals surface area contributed by atoms with Gasteiger partial charge in [0.2, 0.25) is 0 Å². The Kier molecular flexibility index (Phi) is 3.59. The second kappa shape index (κ2) is 5.00. The summed E-state index contributed by atoms with van der Waals surface area (Å²) in [5.74, 6) is -0.226. The SMILES string of the molecule is Cc1ccc(N)c(NC(=O)c2scc(C)c2Cl)c1. The highest BCUT2D eigenvalue weighted by Gasteiger charge is 2.15. The summed E-state index contributed by atoms with van der Waals surface area (Å²) in [5, 5.41) is 5.14. The molecule has 1 aromatic carbocycles. The number of benzene rings is 1. The topological polar surface area (TPSA) is 55.1 Å². The fourth-order valence-corrected chi connectivity index (χ4v) is 2.71. The Hall–Kier alpha value is -1.52. The summed E-state index contributed by atoms with van der Waals surface area (Å²) in [7, 11) is 0. The van der Waals surface area contributed by atoms with E-state index in [1.165, 1.54) is 11.3 Å². The van der Waals surface area contributed by atoms with Gasteiger partial charge in [0.15, 0.2) is 0 Å². The predicted molar refractivity (Wildman–Crippen MR) is 77.6 cm³/mol. The van der Waals surface area contributed by atoms with Crippen LogP contribution in [0.15, 0.2) is 23.6 Å². The highest BCUT2D eigenvalue weighted by Crippen LogP contribution is 2.29. The minimum Gasteiger partial charge on any atom is -0.397 e. The van der Waals surface area contributed by atoms with E-state index in [1.54, 1.807) is 6.07 Å². The minimum atomic E-state index is -0.226. The van der Waals surface area contributed by atoms with Crippen molar-refractivity contribution < 1.29 is 4.79 Å². The maximum Gasteiger partial charge on any atom is 0.267 e. The summed E-state index contributed by atoms with van der Waals surface area (Å²) >= 11 is 7.39. The Bertz CT molecular complexity index is 607. The molecule has 0 aliphatic heterocycles. The molecule has 0 radical (unpaired) electrons. The standard InChI is InChI=1S/C13H13ClN2OS/c1-7-3-4-9(15)10(5-7)16-13(17)12-11(14)8(2)6-18-12/h3-6H,15H2,1-2H3,(H,16,17). The molecule has 1 amide bonds. The number of nitrogens with one attached hydrogen (secondary N) is 1. The molecule has 18 heavy (non-hydrogen) atoms. The predicted octanol–water partition coefficient (Wildman–Crippen LogP) is 3.85. The molecule has 5 heteroatoms. The van der Waals surface area contributed by atoms with Crippen molar-refractivity contribution in [3.05, 3.63) is 44.6 Å². The van der Waals surface area contributed by atoms with E-state index in [1.807, 2.05) is 31.4 Å². The molecule has 0 saturated heterocycles. The molecule has 0 saturated carbocycles. The summed E-state index contributed by atoms with van der Waals surface area (Å²) in [5.41, 5.74) is 8.91. The molecular formula is C13H13ClN2OS. The van der Waals surface area contributed by atoms with Crippen LogP contribution >= 0.6 is 22.9 Å². The summed E-state index contributed by atoms with van der Waals surface area (Å²) in [6.07, 6.45) is 0. The Morgan fingerprint density at radius 1 is 1.39 bits per heavy atom. The molecule has 0 atom stereocenters. The van der Waals surface area contributed by atoms with Crippen molar-refractivity contribution in [1.82, 2.24) is 0 Å². The Morgan fingerprint density at radius 2 is 2.11 bits per heavy atom. The average Bonchev–Trinajstić information content (AvgIpc) is 2.65. The van der Waals surface area contributed by atoms with Gasteiger partial charge in [-0.15, -0.1) is 11.3 Å². The third-order valence-electron chi connectivity index (χ3n) is 2.56. The van der Waals surface area contributed by atoms with Crippen molar-refractivity contribution >= 4 is 40.2 Å². The third-order valence-corrected chi connectivity index (χ3v) is 4.26. The Balaban J connectivity index is 2.27. The van der Waals surface area contributed by atoms with Crippen LogP contribution in [0.3, 0.4) is 0 Å². The van der Waals surface area contributed by atoms with E-state index in [0.717, 1.165) is 11.1 Å². The molecule has 1 heterocycles. The van der Waals surface area contributed by atoms with Crippen LogP contribution in [0, 0.1) is 13.8 Å². The summed E-state index contributed by atoms with van der Waals surface area (Å²) in [6, 6.07) is 5.50. The lowest BCUT2D eigenvalue weighted by Gasteiger charge is -2.08. The average molecular weight is 281 g/mol. The lowest BCUT2D eigenvalue weighted by molar-refractivity contribution is 0.103. The van der Waals surface area contributed by atoms with Crippen LogP contribution in [-0.4, -0.2) is 5.91 Å². The quantitative estimate of drug-likeness (QED) is 0.821. The first-order valence-corrected chi connectivity index (χ1v) is 6.66. The number of thiophene rings is 1. The fourth-order valence-electron chi connectivity index (χ4n) is 1.54. The van der Waals surface area contributed by atoms with Crippen molar-refractivity contribution in [2.75, 3.05) is 11.1 Å². The van der Waals surface area contributed by atoms with E-state index in [4.69, 9.17) is 17.3 Å². The van der Waals surface area contributed by atoms with Crippen molar-refractivity contribution in [3.63, 3.8) is 0 Å². The van der Waals surface area contributed by atoms with Gasteiger partial charge in [0.1, 0.15) is 4.88 Å². The zero-order valence-electron chi connectivity index (χ0n) is 10.1. The first kappa shape index (κ1) is 12.9. The summed E-state index contributed by atoms with van der Waals surface area (Å²) in [6.45, 7) is 3.81. The first-order chi connectivity index (χ1) is 8.49. The summed E-state index contributed by atoms with van der Waals surface area (Å²) < 4.78 is 0. The van der Waals surface area contributed by atoms with Crippen LogP contribution in [0.5, 0.6) is 0 Å². The van der Waals surface area contributed by atoms with E-state index >= 15 is 0 Å². The van der Waals surface area contributed by atoms with E-state index in [-0.39, 0.29) is 5.91 Å². The number of nitrogen functional groups attached to an aromatic ring is 1. The van der Waals surface area contributed by atoms with Crippen molar-refractivity contribution in [2.45, 2.75) is 13.8 Å². The van der Waals surface area contributed by atoms with Crippen molar-refractivity contribution in [1.29, 1.82) is 0 Å². The molecular weight excluding hydrogens is 268 g/mol. The minimum absolute atomic E-state index is 0.226. The van der Waals surface area contributed by atoms with Crippen LogP contribution in [0.4, 0.5) is 11.4 Å². The lowest BCUT2D eigenvalue weighted by Crippen LogP contribution is -2.12. The molecule has 2 aromatic rings. The molecule has 0 aliphatic rings. The number of aryl methyl sites for hydroxylation is 2. The van der Waals surface area contributed by atoms with E-state index < -0.39 is 0 Å². The number of halogens is 1. The lowest BCUT2D eigenvalue weighted by atomic mass is 10.2. The second-order valence-electron chi connectivity index (χ2n) is 4.11. The normalized spacial score (nSPS) is 10.4. The van der Waals surface area contributed by atoms with Crippen LogP contribution in [0.1, 0.15) is 20.8 Å². The van der Waals surface area contributed by atoms with Crippen LogP contribution in [0.25, 0.3) is 0 Å². The number of hydrogen-bond donors (Lipinski definition) is 2. The molecule has 0 bridgehead atoms. The second-order valence-corrected chi connectivity index (χ2v) is 5.36. The van der Waals surface area contributed by atoms with Crippen LogP contribution in [0.2, 0.25) is 5.02 Å². The molecule has 0 spiro atoms. The van der Waals surface area contributed by atoms with Crippen molar-refractivity contribution in [3.8, 4) is 0 Å². The largest absolute Gasteiger partial charge is 0.397 e. The zero-order valence-corrected chi connectivity index (χ0v) is 11.7. The third kappa shape index (κ3) is 2.49. The van der Waals surface area contributed by atoms with Gasteiger partial charge in [0, 0.05) is 0 Å². The van der Waals surface area contributed by atoms with E-state index in [9.17, 15) is 4.79 Å². The molecule has 2 rings (SSSR count). The Labute approximate surface area is 115 Å². The maximum atomic E-state index is 12.1. The number of carbonyl (C=O) groups is 1. The number of rotatable bonds is 2. The highest BCUT2D eigenvalue weighted by molar-refractivity contribution is 7.13. The molecule has 0 aliphatic carbocycles. The van der Waals surface area contributed by atoms with Gasteiger partial charge in [-0.3, -0.25) is 4.79 Å². The van der Waals surface area contributed by atoms with Gasteiger partial charge in [0.25, 0.3) is 5.91 Å². The van der Waals surface area contributed by atoms with Gasteiger partial charge in [-0.2, -0.15) is 0 Å². The zero-order chi connectivity index (χ0) is 13.3. The van der Waals surface area contributed by atoms with Crippen molar-refractivity contribution in [2.24, 2.45) is 0 Å². The number of carbonyl (C=O) groups excluding carboxylic acids is 1. The van der Waals surface area contributed by atoms with Crippen LogP contribution < -0.4 is 11.1 Å². The number of hydrogen-bond acceptors (Lipinski definition) is 3. The van der Waals surface area contributed by atoms with E-state index in [2.05, 4.69) is 5.32 Å². The van der Waals surface area contributed by atoms with Gasteiger partial charge < -0.3 is 11.1 Å². The first-order valence-electron chi connectivity index (χ1n) is 5.40. The number of anilines is 2. The molecule has 3 nitrogen and oxygen atoms in total.